The fourth-order valence-corrected chi connectivity index (χ4v) is 4.80. The number of benzene rings is 3. The lowest BCUT2D eigenvalue weighted by atomic mass is 10.2. The largest absolute Gasteiger partial charge is 0.488 e. The summed E-state index contributed by atoms with van der Waals surface area (Å²) in [6, 6.07) is 19.3. The first kappa shape index (κ1) is 24.1. The molecule has 34 heavy (non-hydrogen) atoms. The van der Waals surface area contributed by atoms with Gasteiger partial charge in [0.25, 0.3) is 5.91 Å². The second kappa shape index (κ2) is 10.5. The summed E-state index contributed by atoms with van der Waals surface area (Å²) in [5.74, 6) is -0.561. The standard InChI is InChI=1S/C25H18BrClN2O4S/c1-29-23(30)22(34-25(29)28-18-7-4-6-16(13-18)24(31)32)12-15-9-10-21(19(26)11-15)33-14-17-5-2-3-8-20(17)27/h2-13H,14H2,1H3,(H,31,32)/b22-12+,28-25?. The van der Waals surface area contributed by atoms with E-state index in [4.69, 9.17) is 16.3 Å². The van der Waals surface area contributed by atoms with E-state index in [1.54, 1.807) is 25.3 Å². The van der Waals surface area contributed by atoms with E-state index in [1.807, 2.05) is 42.5 Å². The van der Waals surface area contributed by atoms with Gasteiger partial charge in [0.2, 0.25) is 0 Å². The lowest BCUT2D eigenvalue weighted by molar-refractivity contribution is -0.121. The molecule has 0 aromatic heterocycles. The third-order valence-electron chi connectivity index (χ3n) is 4.92. The molecule has 1 N–H and O–H groups in total. The van der Waals surface area contributed by atoms with Crippen LogP contribution in [-0.2, 0) is 11.4 Å². The number of ether oxygens (including phenoxy) is 1. The number of likely N-dealkylation sites (N-methyl/N-ethyl adjacent to an activating group) is 1. The number of carboxylic acids is 1. The normalized spacial score (nSPS) is 15.9. The molecule has 6 nitrogen and oxygen atoms in total. The first-order valence-electron chi connectivity index (χ1n) is 10.1. The van der Waals surface area contributed by atoms with Crippen LogP contribution in [0.25, 0.3) is 6.08 Å². The highest BCUT2D eigenvalue weighted by molar-refractivity contribution is 9.10. The minimum Gasteiger partial charge on any atom is -0.488 e. The molecular formula is C25H18BrClN2O4S. The second-order valence-corrected chi connectivity index (χ2v) is 9.57. The van der Waals surface area contributed by atoms with Crippen molar-refractivity contribution in [3.05, 3.63) is 97.8 Å². The van der Waals surface area contributed by atoms with Gasteiger partial charge in [-0.2, -0.15) is 0 Å². The molecule has 0 radical (unpaired) electrons. The van der Waals surface area contributed by atoms with Crippen LogP contribution in [0.2, 0.25) is 5.02 Å². The van der Waals surface area contributed by atoms with Crippen molar-refractivity contribution in [2.75, 3.05) is 7.05 Å². The van der Waals surface area contributed by atoms with Gasteiger partial charge in [-0.05, 0) is 75.7 Å². The minimum atomic E-state index is -1.03. The van der Waals surface area contributed by atoms with E-state index < -0.39 is 5.97 Å². The molecule has 4 rings (SSSR count). The number of carboxylic acid groups (broad SMARTS) is 1. The van der Waals surface area contributed by atoms with Crippen LogP contribution < -0.4 is 4.74 Å². The van der Waals surface area contributed by atoms with Gasteiger partial charge >= 0.3 is 5.97 Å². The highest BCUT2D eigenvalue weighted by Gasteiger charge is 2.30. The van der Waals surface area contributed by atoms with Crippen molar-refractivity contribution in [2.45, 2.75) is 6.61 Å². The van der Waals surface area contributed by atoms with Crippen molar-refractivity contribution in [1.29, 1.82) is 0 Å². The zero-order valence-electron chi connectivity index (χ0n) is 17.9. The number of aliphatic imine (C=N–C) groups is 1. The number of aromatic carboxylic acids is 1. The van der Waals surface area contributed by atoms with E-state index >= 15 is 0 Å². The van der Waals surface area contributed by atoms with Crippen LogP contribution in [0, 0.1) is 0 Å². The summed E-state index contributed by atoms with van der Waals surface area (Å²) in [6.45, 7) is 0.334. The second-order valence-electron chi connectivity index (χ2n) is 7.29. The summed E-state index contributed by atoms with van der Waals surface area (Å²) in [5.41, 5.74) is 2.30. The van der Waals surface area contributed by atoms with Crippen LogP contribution in [0.3, 0.4) is 0 Å². The maximum absolute atomic E-state index is 12.7. The quantitative estimate of drug-likeness (QED) is 0.345. The lowest BCUT2D eigenvalue weighted by Gasteiger charge is -2.10. The number of halogens is 2. The maximum atomic E-state index is 12.7. The number of rotatable bonds is 6. The van der Waals surface area contributed by atoms with Crippen LogP contribution in [-0.4, -0.2) is 34.1 Å². The zero-order valence-corrected chi connectivity index (χ0v) is 21.0. The van der Waals surface area contributed by atoms with Gasteiger partial charge in [0, 0.05) is 17.6 Å². The van der Waals surface area contributed by atoms with E-state index in [0.29, 0.717) is 33.1 Å². The van der Waals surface area contributed by atoms with Crippen molar-refractivity contribution in [3.63, 3.8) is 0 Å². The first-order chi connectivity index (χ1) is 16.3. The van der Waals surface area contributed by atoms with Gasteiger partial charge in [-0.15, -0.1) is 0 Å². The fourth-order valence-electron chi connectivity index (χ4n) is 3.12. The molecule has 0 unspecified atom stereocenters. The molecule has 172 valence electrons. The zero-order chi connectivity index (χ0) is 24.2. The summed E-state index contributed by atoms with van der Waals surface area (Å²) in [5, 5.41) is 10.3. The number of hydrogen-bond acceptors (Lipinski definition) is 5. The number of nitrogens with zero attached hydrogens (tertiary/aromatic N) is 2. The first-order valence-corrected chi connectivity index (χ1v) is 12.1. The monoisotopic (exact) mass is 556 g/mol. The Balaban J connectivity index is 1.51. The fraction of sp³-hybridized carbons (Fsp3) is 0.0800. The molecule has 1 fully saturated rings. The molecule has 1 aliphatic rings. The number of carbonyl (C=O) groups is 2. The van der Waals surface area contributed by atoms with Crippen LogP contribution >= 0.6 is 39.3 Å². The van der Waals surface area contributed by atoms with E-state index in [2.05, 4.69) is 20.9 Å². The van der Waals surface area contributed by atoms with Crippen molar-refractivity contribution in [2.24, 2.45) is 4.99 Å². The molecular weight excluding hydrogens is 540 g/mol. The average molecular weight is 558 g/mol. The highest BCUT2D eigenvalue weighted by Crippen LogP contribution is 2.35. The van der Waals surface area contributed by atoms with E-state index in [-0.39, 0.29) is 11.5 Å². The maximum Gasteiger partial charge on any atom is 0.335 e. The predicted octanol–water partition coefficient (Wildman–Crippen LogP) is 6.61. The summed E-state index contributed by atoms with van der Waals surface area (Å²) in [7, 11) is 1.64. The third kappa shape index (κ3) is 5.52. The molecule has 1 amide bonds. The Bertz CT molecular complexity index is 1340. The molecule has 1 saturated heterocycles. The van der Waals surface area contributed by atoms with Crippen molar-refractivity contribution in [1.82, 2.24) is 4.90 Å². The Morgan fingerprint density at radius 1 is 1.18 bits per heavy atom. The van der Waals surface area contributed by atoms with Gasteiger partial charge in [-0.3, -0.25) is 9.69 Å². The number of carbonyl (C=O) groups excluding carboxylic acids is 1. The number of hydrogen-bond donors (Lipinski definition) is 1. The van der Waals surface area contributed by atoms with Gasteiger partial charge in [0.1, 0.15) is 12.4 Å². The summed E-state index contributed by atoms with van der Waals surface area (Å²) >= 11 is 10.9. The highest BCUT2D eigenvalue weighted by atomic mass is 79.9. The molecule has 0 bridgehead atoms. The molecule has 3 aromatic rings. The molecule has 1 heterocycles. The molecule has 3 aromatic carbocycles. The molecule has 0 atom stereocenters. The molecule has 0 spiro atoms. The Morgan fingerprint density at radius 2 is 1.97 bits per heavy atom. The van der Waals surface area contributed by atoms with Gasteiger partial charge in [-0.25, -0.2) is 9.79 Å². The predicted molar refractivity (Wildman–Crippen MR) is 139 cm³/mol. The molecule has 1 aliphatic heterocycles. The Kier molecular flexibility index (Phi) is 7.41. The SMILES string of the molecule is CN1C(=O)/C(=C\c2ccc(OCc3ccccc3Cl)c(Br)c2)SC1=Nc1cccc(C(=O)O)c1. The lowest BCUT2D eigenvalue weighted by Crippen LogP contribution is -2.23. The van der Waals surface area contributed by atoms with Gasteiger partial charge in [0.15, 0.2) is 5.17 Å². The Hall–Kier alpha value is -3.07. The van der Waals surface area contributed by atoms with E-state index in [0.717, 1.165) is 15.6 Å². The number of amidine groups is 1. The summed E-state index contributed by atoms with van der Waals surface area (Å²) in [4.78, 5) is 30.3. The summed E-state index contributed by atoms with van der Waals surface area (Å²) in [6.07, 6.45) is 1.78. The molecule has 9 heteroatoms. The van der Waals surface area contributed by atoms with Crippen LogP contribution in [0.1, 0.15) is 21.5 Å². The minimum absolute atomic E-state index is 0.135. The van der Waals surface area contributed by atoms with Crippen molar-refractivity contribution in [3.8, 4) is 5.75 Å². The van der Waals surface area contributed by atoms with Gasteiger partial charge in [-0.1, -0.05) is 41.9 Å². The van der Waals surface area contributed by atoms with Gasteiger partial charge in [0.05, 0.1) is 20.6 Å². The third-order valence-corrected chi connectivity index (χ3v) is 6.96. The molecule has 0 saturated carbocycles. The van der Waals surface area contributed by atoms with Crippen LogP contribution in [0.5, 0.6) is 5.75 Å². The Labute approximate surface area is 214 Å². The topological polar surface area (TPSA) is 79.2 Å². The van der Waals surface area contributed by atoms with Crippen LogP contribution in [0.15, 0.2) is 81.1 Å². The van der Waals surface area contributed by atoms with Crippen molar-refractivity contribution < 1.29 is 19.4 Å². The average Bonchev–Trinajstić information content (AvgIpc) is 3.07. The van der Waals surface area contributed by atoms with Crippen LogP contribution in [0.4, 0.5) is 5.69 Å². The smallest absolute Gasteiger partial charge is 0.335 e. The Morgan fingerprint density at radius 3 is 2.71 bits per heavy atom. The molecule has 0 aliphatic carbocycles. The summed E-state index contributed by atoms with van der Waals surface area (Å²) < 4.78 is 6.63. The van der Waals surface area contributed by atoms with Gasteiger partial charge < -0.3 is 9.84 Å². The van der Waals surface area contributed by atoms with E-state index in [9.17, 15) is 14.7 Å². The number of thioether (sulfide) groups is 1. The van der Waals surface area contributed by atoms with Crippen molar-refractivity contribution >= 4 is 68.1 Å². The van der Waals surface area contributed by atoms with E-state index in [1.165, 1.54) is 28.8 Å². The number of amides is 1.